The summed E-state index contributed by atoms with van der Waals surface area (Å²) in [5, 5.41) is 9.92. The van der Waals surface area contributed by atoms with E-state index in [0.29, 0.717) is 18.7 Å². The molecule has 2 rings (SSSR count). The van der Waals surface area contributed by atoms with Gasteiger partial charge in [-0.3, -0.25) is 0 Å². The van der Waals surface area contributed by atoms with Gasteiger partial charge in [0.1, 0.15) is 0 Å². The van der Waals surface area contributed by atoms with Gasteiger partial charge in [-0.25, -0.2) is 4.79 Å². The number of aryl methyl sites for hydroxylation is 1. The van der Waals surface area contributed by atoms with E-state index in [4.69, 9.17) is 10.8 Å². The van der Waals surface area contributed by atoms with Crippen LogP contribution in [-0.4, -0.2) is 22.2 Å². The Balaban J connectivity index is 2.74. The first kappa shape index (κ1) is 10.7. The minimum absolute atomic E-state index is 0.353. The van der Waals surface area contributed by atoms with E-state index in [1.165, 1.54) is 0 Å². The van der Waals surface area contributed by atoms with Crippen LogP contribution >= 0.6 is 0 Å². The summed E-state index contributed by atoms with van der Waals surface area (Å²) >= 11 is 0. The van der Waals surface area contributed by atoms with Gasteiger partial charge in [-0.05, 0) is 24.6 Å². The Kier molecular flexibility index (Phi) is 2.66. The van der Waals surface area contributed by atoms with Crippen molar-refractivity contribution in [1.82, 2.24) is 4.57 Å². The summed E-state index contributed by atoms with van der Waals surface area (Å²) in [5.74, 6) is -0.890. The Morgan fingerprint density at radius 2 is 2.25 bits per heavy atom. The van der Waals surface area contributed by atoms with Gasteiger partial charge in [0.15, 0.2) is 0 Å². The number of carboxylic acid groups (broad SMARTS) is 1. The molecule has 0 saturated carbocycles. The highest BCUT2D eigenvalue weighted by atomic mass is 16.4. The molecule has 0 aliphatic carbocycles. The van der Waals surface area contributed by atoms with Crippen LogP contribution in [0, 0.1) is 6.92 Å². The maximum absolute atomic E-state index is 11.1. The second-order valence-corrected chi connectivity index (χ2v) is 3.80. The van der Waals surface area contributed by atoms with Crippen LogP contribution in [0.5, 0.6) is 0 Å². The zero-order valence-electron chi connectivity index (χ0n) is 9.10. The molecular weight excluding hydrogens is 204 g/mol. The Labute approximate surface area is 93.3 Å². The number of aromatic nitrogens is 1. The lowest BCUT2D eigenvalue weighted by atomic mass is 10.1. The Hall–Kier alpha value is -1.81. The first-order valence-electron chi connectivity index (χ1n) is 5.17. The standard InChI is InChI=1S/C12H14N2O2/c1-8-7-14(6-5-13)10-4-2-3-9(11(8)10)12(15)16/h2-4,7H,5-6,13H2,1H3,(H,15,16). The maximum atomic E-state index is 11.1. The second kappa shape index (κ2) is 3.98. The molecular formula is C12H14N2O2. The molecule has 0 aliphatic rings. The average molecular weight is 218 g/mol. The van der Waals surface area contributed by atoms with Crippen LogP contribution in [0.3, 0.4) is 0 Å². The quantitative estimate of drug-likeness (QED) is 0.822. The molecule has 3 N–H and O–H groups in total. The highest BCUT2D eigenvalue weighted by Gasteiger charge is 2.13. The summed E-state index contributed by atoms with van der Waals surface area (Å²) in [4.78, 5) is 11.1. The van der Waals surface area contributed by atoms with Crippen molar-refractivity contribution in [2.45, 2.75) is 13.5 Å². The van der Waals surface area contributed by atoms with E-state index in [-0.39, 0.29) is 0 Å². The zero-order valence-corrected chi connectivity index (χ0v) is 9.10. The zero-order chi connectivity index (χ0) is 11.7. The molecule has 0 aliphatic heterocycles. The van der Waals surface area contributed by atoms with E-state index in [2.05, 4.69) is 0 Å². The molecule has 1 heterocycles. The van der Waals surface area contributed by atoms with Crippen LogP contribution in [0.25, 0.3) is 10.9 Å². The van der Waals surface area contributed by atoms with E-state index in [1.807, 2.05) is 23.8 Å². The fourth-order valence-electron chi connectivity index (χ4n) is 2.06. The number of fused-ring (bicyclic) bond motifs is 1. The van der Waals surface area contributed by atoms with E-state index in [1.54, 1.807) is 12.1 Å². The minimum atomic E-state index is -0.890. The summed E-state index contributed by atoms with van der Waals surface area (Å²) in [6.07, 6.45) is 1.95. The van der Waals surface area contributed by atoms with Gasteiger partial charge < -0.3 is 15.4 Å². The number of hydrogen-bond donors (Lipinski definition) is 2. The van der Waals surface area contributed by atoms with E-state index >= 15 is 0 Å². The molecule has 0 radical (unpaired) electrons. The molecule has 0 unspecified atom stereocenters. The van der Waals surface area contributed by atoms with Gasteiger partial charge in [-0.2, -0.15) is 0 Å². The summed E-state index contributed by atoms with van der Waals surface area (Å²) in [6, 6.07) is 5.31. The van der Waals surface area contributed by atoms with Crippen LogP contribution in [0.15, 0.2) is 24.4 Å². The van der Waals surface area contributed by atoms with E-state index < -0.39 is 5.97 Å². The Morgan fingerprint density at radius 1 is 1.50 bits per heavy atom. The normalized spacial score (nSPS) is 10.9. The van der Waals surface area contributed by atoms with Gasteiger partial charge in [-0.15, -0.1) is 0 Å². The molecule has 0 amide bonds. The van der Waals surface area contributed by atoms with Crippen molar-refractivity contribution in [3.05, 3.63) is 35.5 Å². The summed E-state index contributed by atoms with van der Waals surface area (Å²) in [5.41, 5.74) is 7.78. The van der Waals surface area contributed by atoms with Crippen LogP contribution in [-0.2, 0) is 6.54 Å². The number of aromatic carboxylic acids is 1. The van der Waals surface area contributed by atoms with Crippen LogP contribution < -0.4 is 5.73 Å². The average Bonchev–Trinajstić information content (AvgIpc) is 2.57. The van der Waals surface area contributed by atoms with Gasteiger partial charge in [-0.1, -0.05) is 6.07 Å². The molecule has 0 bridgehead atoms. The van der Waals surface area contributed by atoms with Gasteiger partial charge in [0.05, 0.1) is 5.56 Å². The third kappa shape index (κ3) is 1.57. The number of hydrogen-bond acceptors (Lipinski definition) is 2. The van der Waals surface area contributed by atoms with Crippen molar-refractivity contribution >= 4 is 16.9 Å². The number of rotatable bonds is 3. The first-order valence-corrected chi connectivity index (χ1v) is 5.17. The predicted molar refractivity (Wildman–Crippen MR) is 62.7 cm³/mol. The van der Waals surface area contributed by atoms with Crippen LogP contribution in [0.2, 0.25) is 0 Å². The summed E-state index contributed by atoms with van der Waals surface area (Å²) in [7, 11) is 0. The lowest BCUT2D eigenvalue weighted by Gasteiger charge is -2.03. The van der Waals surface area contributed by atoms with Gasteiger partial charge >= 0.3 is 5.97 Å². The fraction of sp³-hybridized carbons (Fsp3) is 0.250. The number of benzene rings is 1. The SMILES string of the molecule is Cc1cn(CCN)c2cccc(C(=O)O)c12. The van der Waals surface area contributed by atoms with Crippen LogP contribution in [0.4, 0.5) is 0 Å². The fourth-order valence-corrected chi connectivity index (χ4v) is 2.06. The topological polar surface area (TPSA) is 68.2 Å². The predicted octanol–water partition coefficient (Wildman–Crippen LogP) is 1.61. The smallest absolute Gasteiger partial charge is 0.336 e. The molecule has 0 atom stereocenters. The molecule has 0 spiro atoms. The van der Waals surface area contributed by atoms with Gasteiger partial charge in [0.2, 0.25) is 0 Å². The van der Waals surface area contributed by atoms with Crippen LogP contribution in [0.1, 0.15) is 15.9 Å². The van der Waals surface area contributed by atoms with Crippen molar-refractivity contribution in [2.75, 3.05) is 6.54 Å². The molecule has 4 heteroatoms. The number of nitrogens with zero attached hydrogens (tertiary/aromatic N) is 1. The lowest BCUT2D eigenvalue weighted by Crippen LogP contribution is -2.08. The number of carboxylic acids is 1. The van der Waals surface area contributed by atoms with Gasteiger partial charge in [0.25, 0.3) is 0 Å². The van der Waals surface area contributed by atoms with Crippen molar-refractivity contribution in [3.63, 3.8) is 0 Å². The third-order valence-corrected chi connectivity index (χ3v) is 2.70. The molecule has 2 aromatic rings. The molecule has 16 heavy (non-hydrogen) atoms. The third-order valence-electron chi connectivity index (χ3n) is 2.70. The lowest BCUT2D eigenvalue weighted by molar-refractivity contribution is 0.0699. The molecule has 0 saturated heterocycles. The molecule has 1 aromatic carbocycles. The highest BCUT2D eigenvalue weighted by molar-refractivity contribution is 6.04. The first-order chi connectivity index (χ1) is 7.65. The molecule has 4 nitrogen and oxygen atoms in total. The largest absolute Gasteiger partial charge is 0.478 e. The molecule has 1 aromatic heterocycles. The van der Waals surface area contributed by atoms with E-state index in [0.717, 1.165) is 16.5 Å². The molecule has 0 fully saturated rings. The Bertz CT molecular complexity index is 543. The summed E-state index contributed by atoms with van der Waals surface area (Å²) < 4.78 is 2.00. The highest BCUT2D eigenvalue weighted by Crippen LogP contribution is 2.24. The number of nitrogens with two attached hydrogens (primary N) is 1. The Morgan fingerprint density at radius 3 is 2.88 bits per heavy atom. The van der Waals surface area contributed by atoms with Crippen molar-refractivity contribution < 1.29 is 9.90 Å². The maximum Gasteiger partial charge on any atom is 0.336 e. The van der Waals surface area contributed by atoms with Crippen molar-refractivity contribution in [2.24, 2.45) is 5.73 Å². The van der Waals surface area contributed by atoms with Gasteiger partial charge in [0, 0.05) is 30.2 Å². The van der Waals surface area contributed by atoms with Crippen molar-refractivity contribution in [1.29, 1.82) is 0 Å². The second-order valence-electron chi connectivity index (χ2n) is 3.80. The van der Waals surface area contributed by atoms with E-state index in [9.17, 15) is 4.79 Å². The monoisotopic (exact) mass is 218 g/mol. The number of carbonyl (C=O) groups is 1. The summed E-state index contributed by atoms with van der Waals surface area (Å²) in [6.45, 7) is 3.16. The molecule has 84 valence electrons. The minimum Gasteiger partial charge on any atom is -0.478 e. The van der Waals surface area contributed by atoms with Crippen molar-refractivity contribution in [3.8, 4) is 0 Å².